The van der Waals surface area contributed by atoms with Gasteiger partial charge in [-0.15, -0.1) is 0 Å². The van der Waals surface area contributed by atoms with Crippen molar-refractivity contribution in [2.24, 2.45) is 0 Å². The number of hydrogen-bond acceptors (Lipinski definition) is 3. The molecule has 0 aliphatic carbocycles. The molecule has 0 spiro atoms. The van der Waals surface area contributed by atoms with Gasteiger partial charge in [-0.3, -0.25) is 0 Å². The molecule has 5 heteroatoms. The van der Waals surface area contributed by atoms with E-state index in [4.69, 9.17) is 0 Å². The standard InChI is InChI=1S/C16H28N2O2S/c1-5-11-18(8-4)21(19,20)16-12-14(13-17-7-3)9-10-15(16)6-2/h9-10,12,17H,5-8,11,13H2,1-4H3. The summed E-state index contributed by atoms with van der Waals surface area (Å²) in [6, 6.07) is 5.78. The lowest BCUT2D eigenvalue weighted by Crippen LogP contribution is -2.32. The minimum atomic E-state index is -3.40. The minimum Gasteiger partial charge on any atom is -0.313 e. The molecule has 0 aliphatic heterocycles. The van der Waals surface area contributed by atoms with Crippen LogP contribution in [0.5, 0.6) is 0 Å². The van der Waals surface area contributed by atoms with Crippen LogP contribution in [0.25, 0.3) is 0 Å². The van der Waals surface area contributed by atoms with E-state index >= 15 is 0 Å². The number of sulfonamides is 1. The average Bonchev–Trinajstić information content (AvgIpc) is 2.49. The van der Waals surface area contributed by atoms with Crippen molar-refractivity contribution in [1.29, 1.82) is 0 Å². The Morgan fingerprint density at radius 3 is 2.38 bits per heavy atom. The van der Waals surface area contributed by atoms with Gasteiger partial charge in [-0.05, 0) is 36.6 Å². The first-order valence-electron chi connectivity index (χ1n) is 7.83. The molecule has 0 amide bonds. The van der Waals surface area contributed by atoms with Crippen LogP contribution in [0.2, 0.25) is 0 Å². The maximum absolute atomic E-state index is 12.9. The van der Waals surface area contributed by atoms with E-state index in [0.717, 1.165) is 30.5 Å². The molecule has 1 rings (SSSR count). The Balaban J connectivity index is 3.23. The molecule has 0 aromatic heterocycles. The van der Waals surface area contributed by atoms with Gasteiger partial charge in [0.1, 0.15) is 0 Å². The summed E-state index contributed by atoms with van der Waals surface area (Å²) >= 11 is 0. The van der Waals surface area contributed by atoms with Gasteiger partial charge in [-0.1, -0.05) is 39.8 Å². The second-order valence-corrected chi connectivity index (χ2v) is 6.98. The van der Waals surface area contributed by atoms with Gasteiger partial charge in [0.15, 0.2) is 0 Å². The van der Waals surface area contributed by atoms with Crippen LogP contribution in [0.15, 0.2) is 23.1 Å². The van der Waals surface area contributed by atoms with E-state index in [2.05, 4.69) is 5.32 Å². The second-order valence-electron chi connectivity index (χ2n) is 5.07. The third-order valence-corrected chi connectivity index (χ3v) is 5.59. The maximum Gasteiger partial charge on any atom is 0.243 e. The van der Waals surface area contributed by atoms with Crippen LogP contribution >= 0.6 is 0 Å². The van der Waals surface area contributed by atoms with Crippen molar-refractivity contribution in [3.8, 4) is 0 Å². The van der Waals surface area contributed by atoms with Crippen molar-refractivity contribution in [2.75, 3.05) is 19.6 Å². The number of benzene rings is 1. The molecule has 120 valence electrons. The molecular weight excluding hydrogens is 284 g/mol. The van der Waals surface area contributed by atoms with Gasteiger partial charge in [0.05, 0.1) is 4.90 Å². The Bertz CT molecular complexity index is 541. The topological polar surface area (TPSA) is 49.4 Å². The number of nitrogens with zero attached hydrogens (tertiary/aromatic N) is 1. The zero-order chi connectivity index (χ0) is 15.9. The van der Waals surface area contributed by atoms with Gasteiger partial charge < -0.3 is 5.32 Å². The quantitative estimate of drug-likeness (QED) is 0.763. The highest BCUT2D eigenvalue weighted by molar-refractivity contribution is 7.89. The van der Waals surface area contributed by atoms with Crippen LogP contribution in [0.3, 0.4) is 0 Å². The van der Waals surface area contributed by atoms with Gasteiger partial charge in [-0.25, -0.2) is 8.42 Å². The molecule has 0 radical (unpaired) electrons. The summed E-state index contributed by atoms with van der Waals surface area (Å²) in [5.74, 6) is 0. The molecule has 0 heterocycles. The van der Waals surface area contributed by atoms with Crippen LogP contribution < -0.4 is 5.32 Å². The SMILES string of the molecule is CCCN(CC)S(=O)(=O)c1cc(CNCC)ccc1CC. The predicted molar refractivity (Wildman–Crippen MR) is 87.9 cm³/mol. The smallest absolute Gasteiger partial charge is 0.243 e. The van der Waals surface area contributed by atoms with Crippen LogP contribution in [-0.2, 0) is 23.0 Å². The summed E-state index contributed by atoms with van der Waals surface area (Å²) < 4.78 is 27.3. The molecule has 0 atom stereocenters. The highest BCUT2D eigenvalue weighted by Gasteiger charge is 2.25. The van der Waals surface area contributed by atoms with E-state index < -0.39 is 10.0 Å². The van der Waals surface area contributed by atoms with Crippen molar-refractivity contribution in [2.45, 2.75) is 52.0 Å². The summed E-state index contributed by atoms with van der Waals surface area (Å²) in [6.45, 7) is 10.6. The number of aryl methyl sites for hydroxylation is 1. The zero-order valence-electron chi connectivity index (χ0n) is 13.6. The highest BCUT2D eigenvalue weighted by Crippen LogP contribution is 2.23. The first-order chi connectivity index (χ1) is 10.0. The van der Waals surface area contributed by atoms with Crippen molar-refractivity contribution in [3.05, 3.63) is 29.3 Å². The first-order valence-corrected chi connectivity index (χ1v) is 9.27. The second kappa shape index (κ2) is 8.51. The monoisotopic (exact) mass is 312 g/mol. The van der Waals surface area contributed by atoms with Crippen LogP contribution in [-0.4, -0.2) is 32.4 Å². The first kappa shape index (κ1) is 18.1. The minimum absolute atomic E-state index is 0.468. The molecule has 0 bridgehead atoms. The van der Waals surface area contributed by atoms with Crippen LogP contribution in [0, 0.1) is 0 Å². The van der Waals surface area contributed by atoms with Crippen molar-refractivity contribution >= 4 is 10.0 Å². The molecule has 1 N–H and O–H groups in total. The average molecular weight is 312 g/mol. The summed E-state index contributed by atoms with van der Waals surface area (Å²) in [4.78, 5) is 0.468. The van der Waals surface area contributed by atoms with Crippen molar-refractivity contribution < 1.29 is 8.42 Å². The van der Waals surface area contributed by atoms with Gasteiger partial charge >= 0.3 is 0 Å². The molecule has 1 aromatic carbocycles. The van der Waals surface area contributed by atoms with Crippen LogP contribution in [0.4, 0.5) is 0 Å². The van der Waals surface area contributed by atoms with Crippen molar-refractivity contribution in [1.82, 2.24) is 9.62 Å². The third-order valence-electron chi connectivity index (χ3n) is 3.54. The molecule has 0 aliphatic rings. The molecular formula is C16H28N2O2S. The number of hydrogen-bond donors (Lipinski definition) is 1. The molecule has 0 saturated carbocycles. The zero-order valence-corrected chi connectivity index (χ0v) is 14.5. The summed E-state index contributed by atoms with van der Waals surface area (Å²) in [5.41, 5.74) is 1.91. The lowest BCUT2D eigenvalue weighted by atomic mass is 10.1. The molecule has 0 unspecified atom stereocenters. The fourth-order valence-electron chi connectivity index (χ4n) is 2.35. The van der Waals surface area contributed by atoms with E-state index in [1.807, 2.05) is 45.9 Å². The molecule has 4 nitrogen and oxygen atoms in total. The van der Waals surface area contributed by atoms with Crippen LogP contribution in [0.1, 0.15) is 45.2 Å². The Hall–Kier alpha value is -0.910. The normalized spacial score (nSPS) is 12.0. The van der Waals surface area contributed by atoms with E-state index in [9.17, 15) is 8.42 Å². The maximum atomic E-state index is 12.9. The summed E-state index contributed by atoms with van der Waals surface area (Å²) in [7, 11) is -3.40. The van der Waals surface area contributed by atoms with Gasteiger partial charge in [0, 0.05) is 19.6 Å². The Morgan fingerprint density at radius 2 is 1.86 bits per heavy atom. The van der Waals surface area contributed by atoms with E-state index in [0.29, 0.717) is 24.5 Å². The summed E-state index contributed by atoms with van der Waals surface area (Å²) in [6.07, 6.45) is 1.55. The van der Waals surface area contributed by atoms with E-state index in [1.54, 1.807) is 4.31 Å². The Labute approximate surface area is 129 Å². The molecule has 0 saturated heterocycles. The highest BCUT2D eigenvalue weighted by atomic mass is 32.2. The van der Waals surface area contributed by atoms with E-state index in [1.165, 1.54) is 0 Å². The third kappa shape index (κ3) is 4.53. The number of rotatable bonds is 9. The molecule has 1 aromatic rings. The molecule has 0 fully saturated rings. The lowest BCUT2D eigenvalue weighted by Gasteiger charge is -2.22. The Kier molecular flexibility index (Phi) is 7.35. The van der Waals surface area contributed by atoms with Gasteiger partial charge in [0.2, 0.25) is 10.0 Å². The van der Waals surface area contributed by atoms with Gasteiger partial charge in [-0.2, -0.15) is 4.31 Å². The number of nitrogens with one attached hydrogen (secondary N) is 1. The molecule has 21 heavy (non-hydrogen) atoms. The fourth-order valence-corrected chi connectivity index (χ4v) is 4.23. The van der Waals surface area contributed by atoms with E-state index in [-0.39, 0.29) is 0 Å². The van der Waals surface area contributed by atoms with Gasteiger partial charge in [0.25, 0.3) is 0 Å². The lowest BCUT2D eigenvalue weighted by molar-refractivity contribution is 0.426. The largest absolute Gasteiger partial charge is 0.313 e. The van der Waals surface area contributed by atoms with Crippen molar-refractivity contribution in [3.63, 3.8) is 0 Å². The predicted octanol–water partition coefficient (Wildman–Crippen LogP) is 2.78. The Morgan fingerprint density at radius 1 is 1.14 bits per heavy atom. The fraction of sp³-hybridized carbons (Fsp3) is 0.625. The summed E-state index contributed by atoms with van der Waals surface area (Å²) in [5, 5.41) is 3.24.